The number of amides is 1. The van der Waals surface area contributed by atoms with E-state index in [0.717, 1.165) is 39.0 Å². The summed E-state index contributed by atoms with van der Waals surface area (Å²) >= 11 is 0. The van der Waals surface area contributed by atoms with Gasteiger partial charge in [0.15, 0.2) is 0 Å². The van der Waals surface area contributed by atoms with Crippen LogP contribution in [0.25, 0.3) is 0 Å². The van der Waals surface area contributed by atoms with Gasteiger partial charge >= 0.3 is 0 Å². The summed E-state index contributed by atoms with van der Waals surface area (Å²) in [5.41, 5.74) is 7.17. The molecule has 2 atom stereocenters. The molecule has 4 nitrogen and oxygen atoms in total. The molecule has 120 valence electrons. The number of likely N-dealkylation sites (tertiary alicyclic amines) is 1. The number of carbonyl (C=O) groups excluding carboxylic acids is 1. The predicted octanol–water partition coefficient (Wildman–Crippen LogP) is 1.85. The molecule has 1 saturated heterocycles. The Morgan fingerprint density at radius 2 is 2.05 bits per heavy atom. The normalized spacial score (nSPS) is 23.5. The standard InChI is InChI=1S/C18H27N3O/c1-14(19)18(22)21(17-7-8-17)13-16-9-10-20(12-16)11-15-5-3-2-4-6-15/h2-6,14,16-17H,7-13,19H2,1H3/t14-,16-/m0/s1. The van der Waals surface area contributed by atoms with Gasteiger partial charge in [-0.3, -0.25) is 9.69 Å². The van der Waals surface area contributed by atoms with Gasteiger partial charge in [-0.25, -0.2) is 0 Å². The number of carbonyl (C=O) groups is 1. The highest BCUT2D eigenvalue weighted by Crippen LogP contribution is 2.30. The first-order valence-electron chi connectivity index (χ1n) is 8.46. The van der Waals surface area contributed by atoms with Crippen molar-refractivity contribution < 1.29 is 4.79 Å². The summed E-state index contributed by atoms with van der Waals surface area (Å²) in [4.78, 5) is 16.8. The molecule has 1 saturated carbocycles. The van der Waals surface area contributed by atoms with Gasteiger partial charge in [0.25, 0.3) is 0 Å². The van der Waals surface area contributed by atoms with Crippen LogP contribution in [0.5, 0.6) is 0 Å². The Balaban J connectivity index is 1.52. The summed E-state index contributed by atoms with van der Waals surface area (Å²) in [5, 5.41) is 0. The van der Waals surface area contributed by atoms with E-state index in [4.69, 9.17) is 5.73 Å². The minimum atomic E-state index is -0.373. The van der Waals surface area contributed by atoms with Crippen molar-refractivity contribution in [1.82, 2.24) is 9.80 Å². The van der Waals surface area contributed by atoms with Crippen LogP contribution in [0.2, 0.25) is 0 Å². The molecule has 22 heavy (non-hydrogen) atoms. The van der Waals surface area contributed by atoms with E-state index in [1.165, 1.54) is 12.0 Å². The molecule has 2 aliphatic rings. The Kier molecular flexibility index (Phi) is 4.79. The third kappa shape index (κ3) is 3.87. The number of hydrogen-bond acceptors (Lipinski definition) is 3. The van der Waals surface area contributed by atoms with Gasteiger partial charge in [0.1, 0.15) is 0 Å². The van der Waals surface area contributed by atoms with Crippen molar-refractivity contribution >= 4 is 5.91 Å². The molecule has 0 radical (unpaired) electrons. The molecule has 1 aromatic rings. The van der Waals surface area contributed by atoms with Gasteiger partial charge in [-0.15, -0.1) is 0 Å². The maximum atomic E-state index is 12.3. The zero-order chi connectivity index (χ0) is 15.5. The fourth-order valence-electron chi connectivity index (χ4n) is 3.39. The third-order valence-corrected chi connectivity index (χ3v) is 4.73. The van der Waals surface area contributed by atoms with Crippen LogP contribution < -0.4 is 5.73 Å². The first-order valence-corrected chi connectivity index (χ1v) is 8.46. The Labute approximate surface area is 133 Å². The van der Waals surface area contributed by atoms with Crippen LogP contribution >= 0.6 is 0 Å². The molecule has 0 aromatic heterocycles. The second kappa shape index (κ2) is 6.80. The highest BCUT2D eigenvalue weighted by molar-refractivity contribution is 5.81. The lowest BCUT2D eigenvalue weighted by Gasteiger charge is -2.27. The molecule has 4 heteroatoms. The summed E-state index contributed by atoms with van der Waals surface area (Å²) in [6.07, 6.45) is 3.49. The molecule has 3 rings (SSSR count). The zero-order valence-corrected chi connectivity index (χ0v) is 13.4. The Bertz CT molecular complexity index is 498. The van der Waals surface area contributed by atoms with E-state index in [1.54, 1.807) is 6.92 Å². The van der Waals surface area contributed by atoms with Crippen molar-refractivity contribution in [2.45, 2.75) is 44.8 Å². The maximum Gasteiger partial charge on any atom is 0.239 e. The molecule has 0 spiro atoms. The Morgan fingerprint density at radius 3 is 2.68 bits per heavy atom. The lowest BCUT2D eigenvalue weighted by molar-refractivity contribution is -0.133. The minimum absolute atomic E-state index is 0.129. The van der Waals surface area contributed by atoms with Crippen molar-refractivity contribution in [1.29, 1.82) is 0 Å². The Hall–Kier alpha value is -1.39. The first kappa shape index (κ1) is 15.5. The van der Waals surface area contributed by atoms with Crippen LogP contribution in [-0.4, -0.2) is 47.4 Å². The van der Waals surface area contributed by atoms with Crippen molar-refractivity contribution in [3.05, 3.63) is 35.9 Å². The minimum Gasteiger partial charge on any atom is -0.338 e. The number of nitrogens with two attached hydrogens (primary N) is 1. The first-order chi connectivity index (χ1) is 10.6. The number of rotatable bonds is 6. The smallest absolute Gasteiger partial charge is 0.239 e. The molecule has 0 unspecified atom stereocenters. The summed E-state index contributed by atoms with van der Waals surface area (Å²) in [7, 11) is 0. The van der Waals surface area contributed by atoms with Gasteiger partial charge in [-0.2, -0.15) is 0 Å². The van der Waals surface area contributed by atoms with Crippen LogP contribution in [0.3, 0.4) is 0 Å². The summed E-state index contributed by atoms with van der Waals surface area (Å²) < 4.78 is 0. The molecular weight excluding hydrogens is 274 g/mol. The molecule has 0 bridgehead atoms. The summed E-state index contributed by atoms with van der Waals surface area (Å²) in [6.45, 7) is 5.92. The van der Waals surface area contributed by atoms with Gasteiger partial charge < -0.3 is 10.6 Å². The van der Waals surface area contributed by atoms with E-state index in [9.17, 15) is 4.79 Å². The predicted molar refractivity (Wildman–Crippen MR) is 88.2 cm³/mol. The van der Waals surface area contributed by atoms with Crippen molar-refractivity contribution in [2.24, 2.45) is 11.7 Å². The van der Waals surface area contributed by atoms with E-state index in [1.807, 2.05) is 0 Å². The second-order valence-electron chi connectivity index (χ2n) is 6.89. The molecule has 1 aliphatic heterocycles. The van der Waals surface area contributed by atoms with Crippen LogP contribution in [-0.2, 0) is 11.3 Å². The Morgan fingerprint density at radius 1 is 1.32 bits per heavy atom. The quantitative estimate of drug-likeness (QED) is 0.872. The fraction of sp³-hybridized carbons (Fsp3) is 0.611. The van der Waals surface area contributed by atoms with Gasteiger partial charge in [-0.05, 0) is 44.2 Å². The highest BCUT2D eigenvalue weighted by Gasteiger charge is 2.36. The molecule has 1 aliphatic carbocycles. The van der Waals surface area contributed by atoms with E-state index < -0.39 is 0 Å². The van der Waals surface area contributed by atoms with Crippen LogP contribution in [0, 0.1) is 5.92 Å². The van der Waals surface area contributed by atoms with Crippen LogP contribution in [0.4, 0.5) is 0 Å². The molecule has 2 fully saturated rings. The topological polar surface area (TPSA) is 49.6 Å². The average Bonchev–Trinajstić information content (AvgIpc) is 3.26. The lowest BCUT2D eigenvalue weighted by Crippen LogP contribution is -2.45. The van der Waals surface area contributed by atoms with Crippen LogP contribution in [0.15, 0.2) is 30.3 Å². The summed E-state index contributed by atoms with van der Waals surface area (Å²) in [6, 6.07) is 10.7. The lowest BCUT2D eigenvalue weighted by atomic mass is 10.1. The molecule has 1 aromatic carbocycles. The fourth-order valence-corrected chi connectivity index (χ4v) is 3.39. The van der Waals surface area contributed by atoms with E-state index in [-0.39, 0.29) is 11.9 Å². The second-order valence-corrected chi connectivity index (χ2v) is 6.89. The van der Waals surface area contributed by atoms with E-state index >= 15 is 0 Å². The van der Waals surface area contributed by atoms with Gasteiger partial charge in [0.05, 0.1) is 6.04 Å². The highest BCUT2D eigenvalue weighted by atomic mass is 16.2. The number of hydrogen-bond donors (Lipinski definition) is 1. The molecular formula is C18H27N3O. The monoisotopic (exact) mass is 301 g/mol. The molecule has 2 N–H and O–H groups in total. The summed E-state index contributed by atoms with van der Waals surface area (Å²) in [5.74, 6) is 0.719. The van der Waals surface area contributed by atoms with Crippen LogP contribution in [0.1, 0.15) is 31.7 Å². The number of benzene rings is 1. The third-order valence-electron chi connectivity index (χ3n) is 4.73. The zero-order valence-electron chi connectivity index (χ0n) is 13.4. The molecule has 1 heterocycles. The van der Waals surface area contributed by atoms with Gasteiger partial charge in [-0.1, -0.05) is 30.3 Å². The van der Waals surface area contributed by atoms with Gasteiger partial charge in [0, 0.05) is 25.7 Å². The van der Waals surface area contributed by atoms with Crippen molar-refractivity contribution in [3.8, 4) is 0 Å². The molecule has 1 amide bonds. The van der Waals surface area contributed by atoms with E-state index in [0.29, 0.717) is 12.0 Å². The largest absolute Gasteiger partial charge is 0.338 e. The number of nitrogens with zero attached hydrogens (tertiary/aromatic N) is 2. The van der Waals surface area contributed by atoms with Crippen molar-refractivity contribution in [2.75, 3.05) is 19.6 Å². The van der Waals surface area contributed by atoms with Gasteiger partial charge in [0.2, 0.25) is 5.91 Å². The van der Waals surface area contributed by atoms with Crippen molar-refractivity contribution in [3.63, 3.8) is 0 Å². The SMILES string of the molecule is C[C@H](N)C(=O)N(C[C@H]1CCN(Cc2ccccc2)C1)C1CC1. The van der Waals surface area contributed by atoms with E-state index in [2.05, 4.69) is 40.1 Å². The average molecular weight is 301 g/mol. The maximum absolute atomic E-state index is 12.3.